The molecule has 0 spiro atoms. The topological polar surface area (TPSA) is 259 Å². The highest BCUT2D eigenvalue weighted by atomic mass is 35.5. The second kappa shape index (κ2) is 9.21. The molecule has 3 heterocycles. The monoisotopic (exact) mass is 593 g/mol. The fourth-order valence-corrected chi connectivity index (χ4v) is 6.49. The number of alkyl halides is 2. The van der Waals surface area contributed by atoms with Gasteiger partial charge >= 0.3 is 23.5 Å². The van der Waals surface area contributed by atoms with Crippen molar-refractivity contribution in [1.82, 2.24) is 19.5 Å². The lowest BCUT2D eigenvalue weighted by atomic mass is 10.2. The second-order valence-corrected chi connectivity index (χ2v) is 12.5. The maximum absolute atomic E-state index is 11.9. The Hall–Kier alpha value is -0.450. The van der Waals surface area contributed by atoms with E-state index in [1.54, 1.807) is 0 Å². The Labute approximate surface area is 197 Å². The molecule has 0 aliphatic carbocycles. The number of halogens is 3. The number of imidazole rings is 1. The van der Waals surface area contributed by atoms with Crippen molar-refractivity contribution in [3.8, 4) is 0 Å². The number of aromatic nitrogens is 4. The molecule has 0 saturated carbocycles. The van der Waals surface area contributed by atoms with Crippen LogP contribution in [0, 0.1) is 0 Å². The van der Waals surface area contributed by atoms with Gasteiger partial charge in [-0.2, -0.15) is 18.6 Å². The summed E-state index contributed by atoms with van der Waals surface area (Å²) in [7, 11) is -16.8. The van der Waals surface area contributed by atoms with Crippen LogP contribution in [0.1, 0.15) is 6.23 Å². The van der Waals surface area contributed by atoms with Crippen LogP contribution in [0.2, 0.25) is 5.15 Å². The van der Waals surface area contributed by atoms with Crippen molar-refractivity contribution in [2.45, 2.75) is 22.8 Å². The van der Waals surface area contributed by atoms with Crippen molar-refractivity contribution in [3.63, 3.8) is 0 Å². The largest absolute Gasteiger partial charge is 0.490 e. The molecule has 1 fully saturated rings. The van der Waals surface area contributed by atoms with Gasteiger partial charge in [-0.1, -0.05) is 34.8 Å². The summed E-state index contributed by atoms with van der Waals surface area (Å²) in [6.07, 6.45) is -3.61. The number of ether oxygens (including phenoxy) is 1. The van der Waals surface area contributed by atoms with Gasteiger partial charge in [0.2, 0.25) is 5.95 Å². The van der Waals surface area contributed by atoms with Crippen LogP contribution in [0.5, 0.6) is 0 Å². The van der Waals surface area contributed by atoms with Crippen LogP contribution < -0.4 is 5.73 Å². The van der Waals surface area contributed by atoms with Crippen LogP contribution >= 0.6 is 58.3 Å². The number of fused-ring (bicyclic) bond motifs is 1. The maximum Gasteiger partial charge on any atom is 0.490 e. The van der Waals surface area contributed by atoms with Gasteiger partial charge < -0.3 is 35.2 Å². The third kappa shape index (κ3) is 6.22. The Morgan fingerprint density at radius 1 is 1.15 bits per heavy atom. The van der Waals surface area contributed by atoms with Crippen LogP contribution in [0.4, 0.5) is 5.95 Å². The Kier molecular flexibility index (Phi) is 7.57. The van der Waals surface area contributed by atoms with Crippen molar-refractivity contribution in [2.24, 2.45) is 0 Å². The first-order chi connectivity index (χ1) is 14.9. The molecular formula is C10H13Cl3N5O12P3. The van der Waals surface area contributed by atoms with Crippen molar-refractivity contribution >= 4 is 75.4 Å². The summed E-state index contributed by atoms with van der Waals surface area (Å²) in [6.45, 7) is -1.01. The molecule has 0 bridgehead atoms. The molecule has 2 aromatic rings. The summed E-state index contributed by atoms with van der Waals surface area (Å²) in [5.41, 5.74) is 5.66. The van der Waals surface area contributed by atoms with Crippen molar-refractivity contribution < 1.29 is 56.3 Å². The summed E-state index contributed by atoms with van der Waals surface area (Å²) >= 11 is 18.4. The van der Waals surface area contributed by atoms with Crippen molar-refractivity contribution in [3.05, 3.63) is 11.5 Å². The zero-order valence-corrected chi connectivity index (χ0v) is 20.4. The van der Waals surface area contributed by atoms with Crippen LogP contribution in [-0.4, -0.2) is 67.3 Å². The van der Waals surface area contributed by atoms with Crippen molar-refractivity contribution in [2.75, 3.05) is 12.3 Å². The molecule has 186 valence electrons. The summed E-state index contributed by atoms with van der Waals surface area (Å²) in [6, 6.07) is 0. The minimum atomic E-state index is -5.73. The number of phosphoric ester groups is 1. The molecule has 23 heteroatoms. The fraction of sp³-hybridized carbons (Fsp3) is 0.500. The van der Waals surface area contributed by atoms with E-state index in [1.807, 2.05) is 0 Å². The molecule has 0 aromatic carbocycles. The number of rotatable bonds is 8. The average molecular weight is 595 g/mol. The fourth-order valence-electron chi connectivity index (χ4n) is 2.65. The SMILES string of the molecule is Nc1nc(Cl)c2ncn([C@@H]3O[C@H](COP(=O)(O)OP(=O)(O)OP(=O)(O)O)[C@@H](O)C3(Cl)Cl)c2n1. The third-order valence-electron chi connectivity index (χ3n) is 3.85. The van der Waals surface area contributed by atoms with Gasteiger partial charge in [-0.05, 0) is 0 Å². The van der Waals surface area contributed by atoms with Gasteiger partial charge in [-0.3, -0.25) is 9.09 Å². The molecule has 0 radical (unpaired) electrons. The second-order valence-electron chi connectivity index (χ2n) is 6.23. The number of aliphatic hydroxyl groups excluding tert-OH is 1. The number of nitrogen functional groups attached to an aromatic ring is 1. The van der Waals surface area contributed by atoms with Crippen LogP contribution in [0.3, 0.4) is 0 Å². The summed E-state index contributed by atoms with van der Waals surface area (Å²) in [5, 5.41) is 10.3. The van der Waals surface area contributed by atoms with Gasteiger partial charge in [0.25, 0.3) is 0 Å². The number of aliphatic hydroxyl groups is 1. The lowest BCUT2D eigenvalue weighted by Gasteiger charge is -2.23. The highest BCUT2D eigenvalue weighted by molar-refractivity contribution is 7.66. The van der Waals surface area contributed by atoms with Crippen molar-refractivity contribution in [1.29, 1.82) is 0 Å². The molecule has 1 aliphatic rings. The first-order valence-electron chi connectivity index (χ1n) is 8.07. The molecule has 1 aliphatic heterocycles. The van der Waals surface area contributed by atoms with E-state index in [4.69, 9.17) is 60.0 Å². The maximum atomic E-state index is 11.9. The highest BCUT2D eigenvalue weighted by Crippen LogP contribution is 2.66. The summed E-state index contributed by atoms with van der Waals surface area (Å²) in [5.74, 6) is -0.230. The predicted molar refractivity (Wildman–Crippen MR) is 109 cm³/mol. The van der Waals surface area contributed by atoms with E-state index in [0.717, 1.165) is 10.9 Å². The van der Waals surface area contributed by atoms with Crippen LogP contribution in [0.15, 0.2) is 6.33 Å². The lowest BCUT2D eigenvalue weighted by Crippen LogP contribution is -2.37. The van der Waals surface area contributed by atoms with Gasteiger partial charge in [-0.25, -0.2) is 18.7 Å². The molecule has 5 atom stereocenters. The van der Waals surface area contributed by atoms with E-state index in [0.29, 0.717) is 0 Å². The van der Waals surface area contributed by atoms with Gasteiger partial charge in [0, 0.05) is 0 Å². The zero-order valence-electron chi connectivity index (χ0n) is 15.5. The van der Waals surface area contributed by atoms with E-state index in [1.165, 1.54) is 0 Å². The van der Waals surface area contributed by atoms with E-state index in [-0.39, 0.29) is 22.3 Å². The average Bonchev–Trinajstić information content (AvgIpc) is 3.10. The Morgan fingerprint density at radius 2 is 1.79 bits per heavy atom. The highest BCUT2D eigenvalue weighted by Gasteiger charge is 2.56. The predicted octanol–water partition coefficient (Wildman–Crippen LogP) is 0.837. The number of hydrogen-bond acceptors (Lipinski definition) is 12. The van der Waals surface area contributed by atoms with Crippen LogP contribution in [0.25, 0.3) is 11.2 Å². The molecule has 2 unspecified atom stereocenters. The quantitative estimate of drug-likeness (QED) is 0.140. The molecular weight excluding hydrogens is 581 g/mol. The van der Waals surface area contributed by atoms with E-state index < -0.39 is 52.8 Å². The minimum Gasteiger partial charge on any atom is -0.387 e. The van der Waals surface area contributed by atoms with Gasteiger partial charge in [-0.15, -0.1) is 0 Å². The third-order valence-corrected chi connectivity index (χ3v) is 8.73. The molecule has 1 saturated heterocycles. The first kappa shape index (κ1) is 27.1. The zero-order chi connectivity index (χ0) is 25.0. The minimum absolute atomic E-state index is 0.0175. The molecule has 7 N–H and O–H groups in total. The van der Waals surface area contributed by atoms with E-state index in [2.05, 4.69) is 28.1 Å². The molecule has 3 rings (SSSR count). The molecule has 17 nitrogen and oxygen atoms in total. The van der Waals surface area contributed by atoms with E-state index >= 15 is 0 Å². The summed E-state index contributed by atoms with van der Waals surface area (Å²) < 4.78 is 50.1. The smallest absolute Gasteiger partial charge is 0.387 e. The number of hydrogen-bond donors (Lipinski definition) is 6. The lowest BCUT2D eigenvalue weighted by molar-refractivity contribution is -0.0425. The van der Waals surface area contributed by atoms with Crippen LogP contribution in [-0.2, 0) is 31.6 Å². The Morgan fingerprint density at radius 3 is 2.39 bits per heavy atom. The van der Waals surface area contributed by atoms with Gasteiger partial charge in [0.1, 0.15) is 17.7 Å². The standard InChI is InChI=1S/C10H13Cl3N5O12P3/c11-6-4-7(17-9(14)16-6)18(2-15-4)8-10(12,13)5(19)3(28-8)1-27-32(23,24)30-33(25,26)29-31(20,21)22/h2-3,5,8,19H,1H2,(H,23,24)(H,25,26)(H2,14,16,17)(H2,20,21,22)/t3-,5-,8-/m1/s1. The van der Waals surface area contributed by atoms with E-state index in [9.17, 15) is 23.7 Å². The number of phosphoric acid groups is 3. The molecule has 0 amide bonds. The number of nitrogens with zero attached hydrogens (tertiary/aromatic N) is 4. The summed E-state index contributed by atoms with van der Waals surface area (Å²) in [4.78, 5) is 47.4. The molecule has 33 heavy (non-hydrogen) atoms. The molecule has 2 aromatic heterocycles. The number of nitrogens with two attached hydrogens (primary N) is 1. The number of anilines is 1. The van der Waals surface area contributed by atoms with Gasteiger partial charge in [0.05, 0.1) is 12.9 Å². The normalized spacial score (nSPS) is 26.8. The first-order valence-corrected chi connectivity index (χ1v) is 13.7. The van der Waals surface area contributed by atoms with Gasteiger partial charge in [0.15, 0.2) is 21.4 Å². The Bertz CT molecular complexity index is 1210. The Balaban J connectivity index is 1.77.